The molecule has 0 spiro atoms. The lowest BCUT2D eigenvalue weighted by molar-refractivity contribution is 0.0978. The maximum absolute atomic E-state index is 12.1. The van der Waals surface area contributed by atoms with E-state index in [1.54, 1.807) is 32.4 Å². The summed E-state index contributed by atoms with van der Waals surface area (Å²) in [4.78, 5) is 12.1. The third-order valence-corrected chi connectivity index (χ3v) is 2.61. The monoisotopic (exact) mass is 251 g/mol. The lowest BCUT2D eigenvalue weighted by Gasteiger charge is -2.11. The van der Waals surface area contributed by atoms with Gasteiger partial charge < -0.3 is 14.8 Å². The van der Waals surface area contributed by atoms with Crippen LogP contribution in [0.4, 0.5) is 0 Å². The third-order valence-electron chi connectivity index (χ3n) is 2.61. The van der Waals surface area contributed by atoms with E-state index in [-0.39, 0.29) is 5.78 Å². The number of rotatable bonds is 7. The standard InChI is InChI=1S/C14H21NO3/c1-10(2)15-8-7-13(16)12-9-11(17-3)5-6-14(12)18-4/h5-6,9-10,15H,7-8H2,1-4H3. The molecule has 0 aliphatic rings. The Kier molecular flexibility index (Phi) is 5.65. The van der Waals surface area contributed by atoms with Crippen molar-refractivity contribution in [1.82, 2.24) is 5.32 Å². The molecule has 0 saturated heterocycles. The number of methoxy groups -OCH3 is 2. The van der Waals surface area contributed by atoms with Gasteiger partial charge in [-0.3, -0.25) is 4.79 Å². The van der Waals surface area contributed by atoms with E-state index in [1.807, 2.05) is 0 Å². The van der Waals surface area contributed by atoms with Crippen LogP contribution >= 0.6 is 0 Å². The van der Waals surface area contributed by atoms with Gasteiger partial charge in [0.05, 0.1) is 19.8 Å². The topological polar surface area (TPSA) is 47.6 Å². The van der Waals surface area contributed by atoms with E-state index in [0.29, 0.717) is 36.1 Å². The van der Waals surface area contributed by atoms with E-state index in [1.165, 1.54) is 0 Å². The molecule has 1 rings (SSSR count). The van der Waals surface area contributed by atoms with Crippen LogP contribution in [-0.4, -0.2) is 32.6 Å². The smallest absolute Gasteiger partial charge is 0.168 e. The second-order valence-electron chi connectivity index (χ2n) is 4.35. The summed E-state index contributed by atoms with van der Waals surface area (Å²) in [6, 6.07) is 5.63. The summed E-state index contributed by atoms with van der Waals surface area (Å²) in [5, 5.41) is 3.22. The number of ketones is 1. The summed E-state index contributed by atoms with van der Waals surface area (Å²) in [5.41, 5.74) is 0.572. The summed E-state index contributed by atoms with van der Waals surface area (Å²) in [5.74, 6) is 1.31. The average Bonchev–Trinajstić information content (AvgIpc) is 2.37. The van der Waals surface area contributed by atoms with Crippen molar-refractivity contribution in [3.63, 3.8) is 0 Å². The van der Waals surface area contributed by atoms with E-state index >= 15 is 0 Å². The van der Waals surface area contributed by atoms with Crippen molar-refractivity contribution >= 4 is 5.78 Å². The second-order valence-corrected chi connectivity index (χ2v) is 4.35. The van der Waals surface area contributed by atoms with Gasteiger partial charge in [0.1, 0.15) is 11.5 Å². The van der Waals surface area contributed by atoms with Crippen molar-refractivity contribution in [2.45, 2.75) is 26.3 Å². The normalized spacial score (nSPS) is 10.5. The maximum atomic E-state index is 12.1. The first kappa shape index (κ1) is 14.5. The number of benzene rings is 1. The van der Waals surface area contributed by atoms with Crippen molar-refractivity contribution in [3.05, 3.63) is 23.8 Å². The Bertz CT molecular complexity index is 402. The van der Waals surface area contributed by atoms with Crippen molar-refractivity contribution < 1.29 is 14.3 Å². The first-order valence-electron chi connectivity index (χ1n) is 6.07. The number of carbonyl (C=O) groups is 1. The molecule has 1 N–H and O–H groups in total. The Morgan fingerprint density at radius 3 is 2.56 bits per heavy atom. The zero-order chi connectivity index (χ0) is 13.5. The van der Waals surface area contributed by atoms with Crippen LogP contribution in [-0.2, 0) is 0 Å². The average molecular weight is 251 g/mol. The highest BCUT2D eigenvalue weighted by Crippen LogP contribution is 2.24. The molecule has 0 bridgehead atoms. The van der Waals surface area contributed by atoms with Crippen LogP contribution in [0.3, 0.4) is 0 Å². The predicted octanol–water partition coefficient (Wildman–Crippen LogP) is 2.27. The molecule has 0 fully saturated rings. The van der Waals surface area contributed by atoms with E-state index in [4.69, 9.17) is 9.47 Å². The van der Waals surface area contributed by atoms with Gasteiger partial charge in [-0.05, 0) is 18.2 Å². The molecule has 0 unspecified atom stereocenters. The molecule has 0 saturated carbocycles. The molecule has 4 nitrogen and oxygen atoms in total. The number of hydrogen-bond acceptors (Lipinski definition) is 4. The zero-order valence-corrected chi connectivity index (χ0v) is 11.4. The van der Waals surface area contributed by atoms with Gasteiger partial charge in [-0.2, -0.15) is 0 Å². The Hall–Kier alpha value is -1.55. The minimum absolute atomic E-state index is 0.0545. The minimum Gasteiger partial charge on any atom is -0.497 e. The summed E-state index contributed by atoms with van der Waals surface area (Å²) < 4.78 is 10.3. The van der Waals surface area contributed by atoms with Crippen LogP contribution in [0.25, 0.3) is 0 Å². The Labute approximate surface area is 108 Å². The Balaban J connectivity index is 2.76. The highest BCUT2D eigenvalue weighted by Gasteiger charge is 2.13. The molecule has 4 heteroatoms. The lowest BCUT2D eigenvalue weighted by Crippen LogP contribution is -2.25. The number of carbonyl (C=O) groups excluding carboxylic acids is 1. The summed E-state index contributed by atoms with van der Waals surface area (Å²) >= 11 is 0. The molecule has 0 aliphatic carbocycles. The first-order valence-corrected chi connectivity index (χ1v) is 6.07. The largest absolute Gasteiger partial charge is 0.497 e. The molecule has 0 aliphatic heterocycles. The molecule has 0 radical (unpaired) electrons. The van der Waals surface area contributed by atoms with E-state index < -0.39 is 0 Å². The van der Waals surface area contributed by atoms with Gasteiger partial charge >= 0.3 is 0 Å². The van der Waals surface area contributed by atoms with Crippen molar-refractivity contribution in [3.8, 4) is 11.5 Å². The van der Waals surface area contributed by atoms with Crippen molar-refractivity contribution in [1.29, 1.82) is 0 Å². The highest BCUT2D eigenvalue weighted by atomic mass is 16.5. The Morgan fingerprint density at radius 1 is 1.28 bits per heavy atom. The van der Waals surface area contributed by atoms with Gasteiger partial charge in [0.2, 0.25) is 0 Å². The molecule has 0 aromatic heterocycles. The Morgan fingerprint density at radius 2 is 2.00 bits per heavy atom. The summed E-state index contributed by atoms with van der Waals surface area (Å²) in [6.45, 7) is 4.77. The van der Waals surface area contributed by atoms with Crippen LogP contribution in [0.5, 0.6) is 11.5 Å². The van der Waals surface area contributed by atoms with Gasteiger partial charge in [0, 0.05) is 19.0 Å². The van der Waals surface area contributed by atoms with Crippen molar-refractivity contribution in [2.75, 3.05) is 20.8 Å². The van der Waals surface area contributed by atoms with E-state index in [0.717, 1.165) is 0 Å². The fourth-order valence-electron chi connectivity index (χ4n) is 1.64. The maximum Gasteiger partial charge on any atom is 0.168 e. The van der Waals surface area contributed by atoms with Crippen LogP contribution in [0, 0.1) is 0 Å². The lowest BCUT2D eigenvalue weighted by atomic mass is 10.1. The SMILES string of the molecule is COc1ccc(OC)c(C(=O)CCNC(C)C)c1. The number of hydrogen-bond donors (Lipinski definition) is 1. The van der Waals surface area contributed by atoms with E-state index in [2.05, 4.69) is 19.2 Å². The van der Waals surface area contributed by atoms with Crippen LogP contribution in [0.1, 0.15) is 30.6 Å². The second kappa shape index (κ2) is 7.01. The van der Waals surface area contributed by atoms with Gasteiger partial charge in [-0.15, -0.1) is 0 Å². The molecule has 1 aromatic carbocycles. The zero-order valence-electron chi connectivity index (χ0n) is 11.4. The summed E-state index contributed by atoms with van der Waals surface area (Å²) in [6.07, 6.45) is 0.446. The van der Waals surface area contributed by atoms with Crippen LogP contribution in [0.2, 0.25) is 0 Å². The molecular formula is C14H21NO3. The molecule has 0 heterocycles. The molecule has 0 atom stereocenters. The fraction of sp³-hybridized carbons (Fsp3) is 0.500. The van der Waals surface area contributed by atoms with E-state index in [9.17, 15) is 4.79 Å². The van der Waals surface area contributed by atoms with Crippen LogP contribution in [0.15, 0.2) is 18.2 Å². The predicted molar refractivity (Wildman–Crippen MR) is 71.6 cm³/mol. The molecule has 100 valence electrons. The minimum atomic E-state index is 0.0545. The van der Waals surface area contributed by atoms with Crippen molar-refractivity contribution in [2.24, 2.45) is 0 Å². The number of nitrogens with one attached hydrogen (secondary N) is 1. The first-order chi connectivity index (χ1) is 8.58. The molecule has 1 aromatic rings. The quantitative estimate of drug-likeness (QED) is 0.755. The van der Waals surface area contributed by atoms with Gasteiger partial charge in [0.15, 0.2) is 5.78 Å². The third kappa shape index (κ3) is 4.04. The number of Topliss-reactive ketones (excluding diaryl/α,β-unsaturated/α-hetero) is 1. The van der Waals surface area contributed by atoms with Gasteiger partial charge in [0.25, 0.3) is 0 Å². The molecular weight excluding hydrogens is 230 g/mol. The van der Waals surface area contributed by atoms with Crippen LogP contribution < -0.4 is 14.8 Å². The number of ether oxygens (including phenoxy) is 2. The van der Waals surface area contributed by atoms with Gasteiger partial charge in [-0.25, -0.2) is 0 Å². The van der Waals surface area contributed by atoms with Gasteiger partial charge in [-0.1, -0.05) is 13.8 Å². The molecule has 18 heavy (non-hydrogen) atoms. The molecule has 0 amide bonds. The summed E-state index contributed by atoms with van der Waals surface area (Å²) in [7, 11) is 3.14. The fourth-order valence-corrected chi connectivity index (χ4v) is 1.64. The highest BCUT2D eigenvalue weighted by molar-refractivity contribution is 5.99.